The number of benzene rings is 6. The Morgan fingerprint density at radius 1 is 0.492 bits per heavy atom. The van der Waals surface area contributed by atoms with Gasteiger partial charge < -0.3 is 5.11 Å². The van der Waals surface area contributed by atoms with Crippen molar-refractivity contribution in [2.75, 3.05) is 0 Å². The van der Waals surface area contributed by atoms with Gasteiger partial charge in [-0.2, -0.15) is 5.26 Å². The lowest BCUT2D eigenvalue weighted by atomic mass is 9.47. The summed E-state index contributed by atoms with van der Waals surface area (Å²) in [4.78, 5) is 35.2. The highest BCUT2D eigenvalue weighted by Gasteiger charge is 2.53. The molecule has 6 aromatic carbocycles. The summed E-state index contributed by atoms with van der Waals surface area (Å²) in [5, 5.41) is 22.6. The zero-order chi connectivity index (χ0) is 41.5. The number of nitrogens with zero attached hydrogens (tertiary/aromatic N) is 1. The summed E-state index contributed by atoms with van der Waals surface area (Å²) in [5.74, 6) is 4.16. The van der Waals surface area contributed by atoms with E-state index in [2.05, 4.69) is 60.7 Å². The molecule has 1 N–H and O–H groups in total. The van der Waals surface area contributed by atoms with Crippen LogP contribution < -0.4 is 0 Å². The van der Waals surface area contributed by atoms with Gasteiger partial charge in [-0.1, -0.05) is 60.7 Å². The fraction of sp³-hybridized carbons (Fsp3) is 0.357. The van der Waals surface area contributed by atoms with Crippen LogP contribution in [-0.4, -0.2) is 23.6 Å². The summed E-state index contributed by atoms with van der Waals surface area (Å²) >= 11 is 0. The van der Waals surface area contributed by atoms with Crippen LogP contribution in [0.4, 0.5) is 0 Å². The molecule has 8 saturated carbocycles. The summed E-state index contributed by atoms with van der Waals surface area (Å²) in [5.41, 5.74) is 10.3. The number of carbonyl (C=O) groups excluding carboxylic acids is 2. The number of carboxylic acid groups (broad SMARTS) is 1. The standard InChI is InChI=1S/C28H25NO.C28H26O3/c29-16-18-1-2-23-11-24(4-3-22(23)10-18)25-5-6-26(17-30)27(12-25)28-13-19-7-20(14-28)9-21(8-19)15-28;29-16-25-6-4-23(21-1-2-22-11-24(27(30)31)5-3-20(22)10-21)12-26(25)28-13-17-7-18(14-28)9-19(8-17)15-28/h1-6,10-12,17,19-21H,7-9,13-15H2;1-6,10-12,16-19H,7-9,13-15H2,(H,30,31). The van der Waals surface area contributed by atoms with Gasteiger partial charge in [-0.25, -0.2) is 4.79 Å². The Morgan fingerprint density at radius 3 is 1.26 bits per heavy atom. The first-order chi connectivity index (χ1) is 29.7. The summed E-state index contributed by atoms with van der Waals surface area (Å²) in [6.45, 7) is 0. The minimum Gasteiger partial charge on any atom is -0.478 e. The summed E-state index contributed by atoms with van der Waals surface area (Å²) in [7, 11) is 0. The van der Waals surface area contributed by atoms with Gasteiger partial charge in [0.15, 0.2) is 0 Å². The smallest absolute Gasteiger partial charge is 0.335 e. The summed E-state index contributed by atoms with van der Waals surface area (Å²) < 4.78 is 0. The first-order valence-electron chi connectivity index (χ1n) is 22.6. The van der Waals surface area contributed by atoms with E-state index in [9.17, 15) is 19.5 Å². The molecule has 8 fully saturated rings. The molecule has 8 aliphatic carbocycles. The van der Waals surface area contributed by atoms with Crippen molar-refractivity contribution < 1.29 is 19.5 Å². The molecule has 5 heteroatoms. The van der Waals surface area contributed by atoms with E-state index in [0.717, 1.165) is 91.9 Å². The number of carboxylic acids is 1. The van der Waals surface area contributed by atoms with Crippen LogP contribution in [0.2, 0.25) is 0 Å². The lowest BCUT2D eigenvalue weighted by Crippen LogP contribution is -2.49. The second kappa shape index (κ2) is 14.7. The molecular formula is C56H51NO4. The van der Waals surface area contributed by atoms with Crippen molar-refractivity contribution in [1.29, 1.82) is 5.26 Å². The van der Waals surface area contributed by atoms with E-state index in [1.54, 1.807) is 12.1 Å². The maximum absolute atomic E-state index is 12.0. The van der Waals surface area contributed by atoms with E-state index in [1.807, 2.05) is 42.5 Å². The molecule has 0 unspecified atom stereocenters. The largest absolute Gasteiger partial charge is 0.478 e. The van der Waals surface area contributed by atoms with Gasteiger partial charge in [0, 0.05) is 11.1 Å². The van der Waals surface area contributed by atoms with Gasteiger partial charge >= 0.3 is 5.97 Å². The van der Waals surface area contributed by atoms with Crippen molar-refractivity contribution in [3.05, 3.63) is 143 Å². The fourth-order valence-electron chi connectivity index (χ4n) is 14.5. The Labute approximate surface area is 357 Å². The highest BCUT2D eigenvalue weighted by molar-refractivity contribution is 5.96. The number of aromatic carboxylic acids is 1. The highest BCUT2D eigenvalue weighted by Crippen LogP contribution is 2.62. The zero-order valence-corrected chi connectivity index (χ0v) is 34.6. The first kappa shape index (κ1) is 38.1. The van der Waals surface area contributed by atoms with Crippen LogP contribution in [0.5, 0.6) is 0 Å². The molecule has 0 saturated heterocycles. The van der Waals surface area contributed by atoms with E-state index < -0.39 is 5.97 Å². The molecule has 5 nitrogen and oxygen atoms in total. The number of hydrogen-bond acceptors (Lipinski definition) is 4. The number of rotatable bonds is 7. The Bertz CT molecular complexity index is 2750. The Balaban J connectivity index is 0.000000138. The molecule has 0 amide bonds. The van der Waals surface area contributed by atoms with Gasteiger partial charge in [0.25, 0.3) is 0 Å². The van der Waals surface area contributed by atoms with Crippen molar-refractivity contribution in [3.8, 4) is 28.3 Å². The second-order valence-electron chi connectivity index (χ2n) is 20.2. The van der Waals surface area contributed by atoms with Gasteiger partial charge in [0.2, 0.25) is 0 Å². The number of fused-ring (bicyclic) bond motifs is 2. The number of nitriles is 1. The molecule has 304 valence electrons. The first-order valence-corrected chi connectivity index (χ1v) is 22.6. The summed E-state index contributed by atoms with van der Waals surface area (Å²) in [6, 6.07) is 38.7. The van der Waals surface area contributed by atoms with Crippen molar-refractivity contribution in [1.82, 2.24) is 0 Å². The van der Waals surface area contributed by atoms with Crippen molar-refractivity contribution in [3.63, 3.8) is 0 Å². The Hall–Kier alpha value is -5.86. The van der Waals surface area contributed by atoms with Crippen LogP contribution in [0.1, 0.15) is 125 Å². The fourth-order valence-corrected chi connectivity index (χ4v) is 14.5. The van der Waals surface area contributed by atoms with Crippen LogP contribution in [0, 0.1) is 46.8 Å². The van der Waals surface area contributed by atoms with Crippen LogP contribution in [0.3, 0.4) is 0 Å². The second-order valence-corrected chi connectivity index (χ2v) is 20.2. The predicted octanol–water partition coefficient (Wildman–Crippen LogP) is 13.1. The van der Waals surface area contributed by atoms with E-state index in [1.165, 1.54) is 99.3 Å². The molecule has 0 atom stereocenters. The topological polar surface area (TPSA) is 95.2 Å². The van der Waals surface area contributed by atoms with Crippen molar-refractivity contribution in [2.24, 2.45) is 35.5 Å². The molecule has 0 aromatic heterocycles. The molecule has 0 radical (unpaired) electrons. The monoisotopic (exact) mass is 801 g/mol. The minimum absolute atomic E-state index is 0.175. The normalized spacial score (nSPS) is 28.9. The van der Waals surface area contributed by atoms with E-state index in [0.29, 0.717) is 11.1 Å². The quantitative estimate of drug-likeness (QED) is 0.162. The maximum atomic E-state index is 12.0. The third-order valence-electron chi connectivity index (χ3n) is 16.3. The van der Waals surface area contributed by atoms with E-state index >= 15 is 0 Å². The zero-order valence-electron chi connectivity index (χ0n) is 34.6. The molecule has 6 aromatic rings. The molecule has 0 heterocycles. The summed E-state index contributed by atoms with van der Waals surface area (Å²) in [6.07, 6.45) is 18.0. The third-order valence-corrected chi connectivity index (χ3v) is 16.3. The number of aldehydes is 2. The van der Waals surface area contributed by atoms with Crippen LogP contribution >= 0.6 is 0 Å². The van der Waals surface area contributed by atoms with Gasteiger partial charge in [-0.15, -0.1) is 0 Å². The van der Waals surface area contributed by atoms with Gasteiger partial charge in [0.05, 0.1) is 17.2 Å². The average molecular weight is 802 g/mol. The molecule has 0 spiro atoms. The lowest BCUT2D eigenvalue weighted by Gasteiger charge is -2.57. The molecule has 0 aliphatic heterocycles. The number of hydrogen-bond donors (Lipinski definition) is 1. The van der Waals surface area contributed by atoms with Crippen LogP contribution in [-0.2, 0) is 10.8 Å². The van der Waals surface area contributed by atoms with Gasteiger partial charge in [-0.05, 0) is 227 Å². The van der Waals surface area contributed by atoms with E-state index in [4.69, 9.17) is 5.26 Å². The minimum atomic E-state index is -0.907. The highest BCUT2D eigenvalue weighted by atomic mass is 16.4. The third kappa shape index (κ3) is 6.71. The molecule has 14 rings (SSSR count). The van der Waals surface area contributed by atoms with E-state index in [-0.39, 0.29) is 10.8 Å². The average Bonchev–Trinajstić information content (AvgIpc) is 3.27. The SMILES string of the molecule is N#Cc1ccc2cc(-c3ccc(C=O)c(C45CC6CC(CC(C6)C4)C5)c3)ccc2c1.O=Cc1ccc(-c2ccc3cc(C(=O)O)ccc3c2)cc1C12CC3CC(CC(C3)C1)C2. The lowest BCUT2D eigenvalue weighted by molar-refractivity contribution is -0.00551. The van der Waals surface area contributed by atoms with Gasteiger partial charge in [-0.3, -0.25) is 9.59 Å². The van der Waals surface area contributed by atoms with Gasteiger partial charge in [0.1, 0.15) is 12.6 Å². The molecule has 61 heavy (non-hydrogen) atoms. The predicted molar refractivity (Wildman–Crippen MR) is 241 cm³/mol. The van der Waals surface area contributed by atoms with Crippen molar-refractivity contribution >= 4 is 40.1 Å². The van der Waals surface area contributed by atoms with Crippen LogP contribution in [0.25, 0.3) is 43.8 Å². The van der Waals surface area contributed by atoms with Crippen molar-refractivity contribution in [2.45, 2.75) is 87.9 Å². The van der Waals surface area contributed by atoms with Crippen LogP contribution in [0.15, 0.2) is 109 Å². The molecule has 8 bridgehead atoms. The molecular weight excluding hydrogens is 751 g/mol. The Morgan fingerprint density at radius 2 is 0.852 bits per heavy atom. The number of carbonyl (C=O) groups is 3. The molecule has 8 aliphatic rings. The maximum Gasteiger partial charge on any atom is 0.335 e. The Kier molecular flexibility index (Phi) is 9.15.